The molecule has 0 aromatic carbocycles. The van der Waals surface area contributed by atoms with E-state index in [1.54, 1.807) is 11.3 Å². The van der Waals surface area contributed by atoms with Crippen molar-refractivity contribution >= 4 is 11.3 Å². The maximum atomic E-state index is 5.24. The van der Waals surface area contributed by atoms with Crippen LogP contribution >= 0.6 is 11.3 Å². The molecule has 16 heavy (non-hydrogen) atoms. The first-order valence-electron chi connectivity index (χ1n) is 5.44. The lowest BCUT2D eigenvalue weighted by atomic mass is 10.1. The van der Waals surface area contributed by atoms with Crippen molar-refractivity contribution in [1.29, 1.82) is 0 Å². The molecule has 0 saturated carbocycles. The van der Waals surface area contributed by atoms with E-state index >= 15 is 0 Å². The zero-order valence-electron chi connectivity index (χ0n) is 9.56. The zero-order valence-corrected chi connectivity index (χ0v) is 10.4. The van der Waals surface area contributed by atoms with Crippen molar-refractivity contribution in [2.75, 3.05) is 0 Å². The SMILES string of the molecule is CC(C)c1cc(CNCc2cccs2)on1. The van der Waals surface area contributed by atoms with Gasteiger partial charge in [0.1, 0.15) is 0 Å². The first kappa shape index (κ1) is 11.4. The summed E-state index contributed by atoms with van der Waals surface area (Å²) in [6, 6.07) is 6.21. The average molecular weight is 236 g/mol. The van der Waals surface area contributed by atoms with Crippen LogP contribution < -0.4 is 5.32 Å². The molecule has 0 atom stereocenters. The Morgan fingerprint density at radius 2 is 2.31 bits per heavy atom. The van der Waals surface area contributed by atoms with Gasteiger partial charge in [-0.05, 0) is 17.4 Å². The molecule has 0 amide bonds. The number of nitrogens with zero attached hydrogens (tertiary/aromatic N) is 1. The summed E-state index contributed by atoms with van der Waals surface area (Å²) in [5.74, 6) is 1.33. The van der Waals surface area contributed by atoms with E-state index in [1.165, 1.54) is 4.88 Å². The van der Waals surface area contributed by atoms with Crippen LogP contribution in [0.2, 0.25) is 0 Å². The first-order chi connectivity index (χ1) is 7.75. The Balaban J connectivity index is 1.81. The molecule has 2 aromatic heterocycles. The highest BCUT2D eigenvalue weighted by atomic mass is 32.1. The van der Waals surface area contributed by atoms with Gasteiger partial charge in [0.2, 0.25) is 0 Å². The minimum absolute atomic E-state index is 0.426. The second-order valence-electron chi connectivity index (χ2n) is 4.06. The van der Waals surface area contributed by atoms with Gasteiger partial charge in [-0.3, -0.25) is 0 Å². The van der Waals surface area contributed by atoms with Crippen molar-refractivity contribution in [3.63, 3.8) is 0 Å². The van der Waals surface area contributed by atoms with E-state index in [0.717, 1.165) is 24.5 Å². The molecule has 1 N–H and O–H groups in total. The van der Waals surface area contributed by atoms with Crippen molar-refractivity contribution < 1.29 is 4.52 Å². The van der Waals surface area contributed by atoms with Gasteiger partial charge in [0.25, 0.3) is 0 Å². The molecule has 86 valence electrons. The number of aromatic nitrogens is 1. The van der Waals surface area contributed by atoms with Crippen LogP contribution in [0.4, 0.5) is 0 Å². The van der Waals surface area contributed by atoms with E-state index in [4.69, 9.17) is 4.52 Å². The predicted molar refractivity (Wildman–Crippen MR) is 65.5 cm³/mol. The molecular weight excluding hydrogens is 220 g/mol. The number of hydrogen-bond donors (Lipinski definition) is 1. The third-order valence-corrected chi connectivity index (χ3v) is 3.22. The Kier molecular flexibility index (Phi) is 3.74. The van der Waals surface area contributed by atoms with Gasteiger partial charge in [0, 0.05) is 17.5 Å². The van der Waals surface area contributed by atoms with Gasteiger partial charge in [-0.1, -0.05) is 25.1 Å². The smallest absolute Gasteiger partial charge is 0.150 e. The van der Waals surface area contributed by atoms with Gasteiger partial charge in [-0.25, -0.2) is 0 Å². The summed E-state index contributed by atoms with van der Waals surface area (Å²) in [5, 5.41) is 9.44. The molecule has 0 saturated heterocycles. The third-order valence-electron chi connectivity index (χ3n) is 2.35. The van der Waals surface area contributed by atoms with Crippen molar-refractivity contribution in [3.8, 4) is 0 Å². The van der Waals surface area contributed by atoms with Crippen LogP contribution in [-0.4, -0.2) is 5.16 Å². The van der Waals surface area contributed by atoms with E-state index in [2.05, 4.69) is 41.8 Å². The maximum absolute atomic E-state index is 5.24. The fourth-order valence-electron chi connectivity index (χ4n) is 1.41. The fourth-order valence-corrected chi connectivity index (χ4v) is 2.08. The van der Waals surface area contributed by atoms with Crippen LogP contribution in [0.5, 0.6) is 0 Å². The molecule has 0 spiro atoms. The number of thiophene rings is 1. The molecule has 0 bridgehead atoms. The lowest BCUT2D eigenvalue weighted by molar-refractivity contribution is 0.365. The molecule has 0 aliphatic heterocycles. The van der Waals surface area contributed by atoms with Crippen LogP contribution in [0.15, 0.2) is 28.1 Å². The Labute approximate surface area is 99.5 Å². The fraction of sp³-hybridized carbons (Fsp3) is 0.417. The highest BCUT2D eigenvalue weighted by molar-refractivity contribution is 7.09. The molecule has 2 heterocycles. The quantitative estimate of drug-likeness (QED) is 0.866. The third kappa shape index (κ3) is 2.93. The summed E-state index contributed by atoms with van der Waals surface area (Å²) < 4.78 is 5.24. The Hall–Kier alpha value is -1.13. The molecule has 2 aromatic rings. The summed E-state index contributed by atoms with van der Waals surface area (Å²) in [7, 11) is 0. The van der Waals surface area contributed by atoms with Gasteiger partial charge in [-0.15, -0.1) is 11.3 Å². The number of hydrogen-bond acceptors (Lipinski definition) is 4. The van der Waals surface area contributed by atoms with Gasteiger partial charge >= 0.3 is 0 Å². The summed E-state index contributed by atoms with van der Waals surface area (Å²) >= 11 is 1.76. The van der Waals surface area contributed by atoms with Crippen LogP contribution in [0.3, 0.4) is 0 Å². The molecule has 2 rings (SSSR count). The van der Waals surface area contributed by atoms with Crippen molar-refractivity contribution in [2.45, 2.75) is 32.9 Å². The number of nitrogens with one attached hydrogen (secondary N) is 1. The summed E-state index contributed by atoms with van der Waals surface area (Å²) in [5.41, 5.74) is 1.02. The molecule has 0 fully saturated rings. The Bertz CT molecular complexity index is 420. The summed E-state index contributed by atoms with van der Waals surface area (Å²) in [6.07, 6.45) is 0. The molecule has 0 aliphatic rings. The maximum Gasteiger partial charge on any atom is 0.150 e. The lowest BCUT2D eigenvalue weighted by Gasteiger charge is -1.98. The van der Waals surface area contributed by atoms with Gasteiger partial charge < -0.3 is 9.84 Å². The van der Waals surface area contributed by atoms with Gasteiger partial charge in [0.05, 0.1) is 12.2 Å². The van der Waals surface area contributed by atoms with E-state index in [1.807, 2.05) is 6.07 Å². The molecule has 0 radical (unpaired) electrons. The molecular formula is C12H16N2OS. The molecule has 3 nitrogen and oxygen atoms in total. The highest BCUT2D eigenvalue weighted by Crippen LogP contribution is 2.14. The normalized spacial score (nSPS) is 11.2. The Morgan fingerprint density at radius 1 is 1.44 bits per heavy atom. The summed E-state index contributed by atoms with van der Waals surface area (Å²) in [6.45, 7) is 5.84. The number of rotatable bonds is 5. The minimum Gasteiger partial charge on any atom is -0.360 e. The van der Waals surface area contributed by atoms with E-state index in [-0.39, 0.29) is 0 Å². The van der Waals surface area contributed by atoms with Crippen LogP contribution in [-0.2, 0) is 13.1 Å². The average Bonchev–Trinajstić information content (AvgIpc) is 2.87. The molecule has 0 aliphatic carbocycles. The first-order valence-corrected chi connectivity index (χ1v) is 6.32. The van der Waals surface area contributed by atoms with Gasteiger partial charge in [0.15, 0.2) is 5.76 Å². The second-order valence-corrected chi connectivity index (χ2v) is 5.09. The standard InChI is InChI=1S/C12H16N2OS/c1-9(2)12-6-10(15-14-12)7-13-8-11-4-3-5-16-11/h3-6,9,13H,7-8H2,1-2H3. The second kappa shape index (κ2) is 5.27. The van der Waals surface area contributed by atoms with Crippen LogP contribution in [0.25, 0.3) is 0 Å². The molecule has 4 heteroatoms. The molecule has 0 unspecified atom stereocenters. The topological polar surface area (TPSA) is 38.1 Å². The van der Waals surface area contributed by atoms with Crippen LogP contribution in [0, 0.1) is 0 Å². The monoisotopic (exact) mass is 236 g/mol. The predicted octanol–water partition coefficient (Wildman–Crippen LogP) is 3.15. The van der Waals surface area contributed by atoms with E-state index < -0.39 is 0 Å². The van der Waals surface area contributed by atoms with E-state index in [9.17, 15) is 0 Å². The van der Waals surface area contributed by atoms with Crippen molar-refractivity contribution in [3.05, 3.63) is 39.9 Å². The van der Waals surface area contributed by atoms with E-state index in [0.29, 0.717) is 5.92 Å². The lowest BCUT2D eigenvalue weighted by Crippen LogP contribution is -2.10. The van der Waals surface area contributed by atoms with Crippen molar-refractivity contribution in [2.24, 2.45) is 0 Å². The zero-order chi connectivity index (χ0) is 11.4. The summed E-state index contributed by atoms with van der Waals surface area (Å²) in [4.78, 5) is 1.34. The highest BCUT2D eigenvalue weighted by Gasteiger charge is 2.06. The minimum atomic E-state index is 0.426. The van der Waals surface area contributed by atoms with Crippen LogP contribution in [0.1, 0.15) is 36.1 Å². The van der Waals surface area contributed by atoms with Gasteiger partial charge in [-0.2, -0.15) is 0 Å². The Morgan fingerprint density at radius 3 is 2.94 bits per heavy atom. The largest absolute Gasteiger partial charge is 0.360 e. The van der Waals surface area contributed by atoms with Crippen molar-refractivity contribution in [1.82, 2.24) is 10.5 Å².